The number of aryl methyl sites for hydroxylation is 2. The highest BCUT2D eigenvalue weighted by Crippen LogP contribution is 2.17. The number of nitrogens with zero attached hydrogens (tertiary/aromatic N) is 2. The van der Waals surface area contributed by atoms with Crippen molar-refractivity contribution in [3.05, 3.63) is 101 Å². The molecular formula is C25H23N3O. The van der Waals surface area contributed by atoms with E-state index in [1.165, 1.54) is 0 Å². The van der Waals surface area contributed by atoms with Gasteiger partial charge >= 0.3 is 0 Å². The number of anilines is 1. The summed E-state index contributed by atoms with van der Waals surface area (Å²) in [4.78, 5) is 17.2. The van der Waals surface area contributed by atoms with Crippen molar-refractivity contribution in [3.8, 4) is 0 Å². The first-order valence-corrected chi connectivity index (χ1v) is 9.76. The topological polar surface area (TPSA) is 46.4 Å². The fourth-order valence-corrected chi connectivity index (χ4v) is 3.33. The molecule has 2 aromatic heterocycles. The van der Waals surface area contributed by atoms with Gasteiger partial charge in [-0.1, -0.05) is 61.5 Å². The zero-order valence-corrected chi connectivity index (χ0v) is 16.6. The van der Waals surface area contributed by atoms with Crippen molar-refractivity contribution in [1.29, 1.82) is 0 Å². The third-order valence-corrected chi connectivity index (χ3v) is 4.99. The molecule has 4 heteroatoms. The summed E-state index contributed by atoms with van der Waals surface area (Å²) in [5.41, 5.74) is 6.64. The Kier molecular flexibility index (Phi) is 5.25. The number of hydrogen-bond donors (Lipinski definition) is 1. The third kappa shape index (κ3) is 4.11. The molecule has 4 rings (SSSR count). The fraction of sp³-hybridized carbons (Fsp3) is 0.120. The van der Waals surface area contributed by atoms with Gasteiger partial charge in [-0.25, -0.2) is 4.98 Å². The van der Waals surface area contributed by atoms with Gasteiger partial charge in [0.25, 0.3) is 5.91 Å². The number of benzene rings is 2. The zero-order chi connectivity index (χ0) is 20.2. The maximum absolute atomic E-state index is 12.6. The number of amides is 1. The predicted octanol–water partition coefficient (Wildman–Crippen LogP) is 5.63. The second-order valence-electron chi connectivity index (χ2n) is 6.96. The van der Waals surface area contributed by atoms with E-state index in [4.69, 9.17) is 0 Å². The molecule has 4 aromatic rings. The van der Waals surface area contributed by atoms with E-state index in [-0.39, 0.29) is 5.91 Å². The van der Waals surface area contributed by atoms with E-state index in [0.29, 0.717) is 5.56 Å². The van der Waals surface area contributed by atoms with E-state index < -0.39 is 0 Å². The summed E-state index contributed by atoms with van der Waals surface area (Å²) in [5, 5.41) is 2.98. The number of hydrogen-bond acceptors (Lipinski definition) is 2. The van der Waals surface area contributed by atoms with Crippen LogP contribution in [0.15, 0.2) is 72.9 Å². The molecule has 0 unspecified atom stereocenters. The minimum Gasteiger partial charge on any atom is -0.321 e. The maximum Gasteiger partial charge on any atom is 0.255 e. The van der Waals surface area contributed by atoms with Crippen LogP contribution in [-0.2, 0) is 6.42 Å². The van der Waals surface area contributed by atoms with Gasteiger partial charge in [0, 0.05) is 17.5 Å². The smallest absolute Gasteiger partial charge is 0.255 e. The van der Waals surface area contributed by atoms with Gasteiger partial charge in [0.2, 0.25) is 0 Å². The fourth-order valence-electron chi connectivity index (χ4n) is 3.33. The first kappa shape index (κ1) is 18.7. The molecule has 144 valence electrons. The van der Waals surface area contributed by atoms with Crippen LogP contribution in [0.1, 0.15) is 39.8 Å². The van der Waals surface area contributed by atoms with E-state index in [2.05, 4.69) is 35.4 Å². The molecule has 0 aliphatic rings. The van der Waals surface area contributed by atoms with Gasteiger partial charge in [-0.3, -0.25) is 4.79 Å². The molecule has 4 nitrogen and oxygen atoms in total. The average molecular weight is 381 g/mol. The van der Waals surface area contributed by atoms with Gasteiger partial charge in [-0.05, 0) is 48.7 Å². The Labute approximate surface area is 170 Å². The van der Waals surface area contributed by atoms with Gasteiger partial charge in [0.05, 0.1) is 11.4 Å². The Bertz CT molecular complexity index is 1170. The summed E-state index contributed by atoms with van der Waals surface area (Å²) in [6.07, 6.45) is 6.91. The van der Waals surface area contributed by atoms with Gasteiger partial charge < -0.3 is 9.72 Å². The second kappa shape index (κ2) is 8.15. The van der Waals surface area contributed by atoms with Crippen LogP contribution in [-0.4, -0.2) is 15.3 Å². The summed E-state index contributed by atoms with van der Waals surface area (Å²) in [7, 11) is 0. The summed E-state index contributed by atoms with van der Waals surface area (Å²) in [6.45, 7) is 4.14. The number of rotatable bonds is 5. The van der Waals surface area contributed by atoms with Crippen LogP contribution in [0.3, 0.4) is 0 Å². The summed E-state index contributed by atoms with van der Waals surface area (Å²) in [5.74, 6) is -0.128. The maximum atomic E-state index is 12.6. The second-order valence-corrected chi connectivity index (χ2v) is 6.96. The third-order valence-electron chi connectivity index (χ3n) is 4.99. The molecule has 0 radical (unpaired) electrons. The lowest BCUT2D eigenvalue weighted by Gasteiger charge is -2.07. The van der Waals surface area contributed by atoms with Gasteiger partial charge in [-0.15, -0.1) is 0 Å². The Morgan fingerprint density at radius 1 is 0.966 bits per heavy atom. The van der Waals surface area contributed by atoms with Crippen molar-refractivity contribution >= 4 is 29.4 Å². The summed E-state index contributed by atoms with van der Waals surface area (Å²) >= 11 is 0. The number of aromatic nitrogens is 2. The van der Waals surface area contributed by atoms with Crippen molar-refractivity contribution in [3.63, 3.8) is 0 Å². The van der Waals surface area contributed by atoms with Gasteiger partial charge in [0.15, 0.2) is 0 Å². The highest BCUT2D eigenvalue weighted by atomic mass is 16.1. The van der Waals surface area contributed by atoms with Crippen LogP contribution in [0.4, 0.5) is 5.69 Å². The number of pyridine rings is 1. The van der Waals surface area contributed by atoms with Crippen molar-refractivity contribution in [2.75, 3.05) is 5.32 Å². The quantitative estimate of drug-likeness (QED) is 0.456. The normalized spacial score (nSPS) is 11.2. The van der Waals surface area contributed by atoms with Crippen LogP contribution in [0.2, 0.25) is 0 Å². The Morgan fingerprint density at radius 2 is 1.66 bits per heavy atom. The molecule has 0 aliphatic carbocycles. The van der Waals surface area contributed by atoms with Crippen LogP contribution in [0.5, 0.6) is 0 Å². The molecule has 29 heavy (non-hydrogen) atoms. The molecule has 0 saturated carbocycles. The SMILES string of the molecule is CCc1nc2ccc(NC(=O)c3ccc(C=Cc4ccccc4)cc3)cn2c1C. The van der Waals surface area contributed by atoms with Crippen LogP contribution < -0.4 is 5.32 Å². The lowest BCUT2D eigenvalue weighted by Crippen LogP contribution is -2.12. The van der Waals surface area contributed by atoms with E-state index in [1.807, 2.05) is 78.2 Å². The lowest BCUT2D eigenvalue weighted by atomic mass is 10.1. The number of imidazole rings is 1. The number of fused-ring (bicyclic) bond motifs is 1. The first-order valence-electron chi connectivity index (χ1n) is 9.76. The molecule has 0 bridgehead atoms. The average Bonchev–Trinajstić information content (AvgIpc) is 3.08. The van der Waals surface area contributed by atoms with Crippen molar-refractivity contribution in [2.45, 2.75) is 20.3 Å². The highest BCUT2D eigenvalue weighted by Gasteiger charge is 2.09. The summed E-state index contributed by atoms with van der Waals surface area (Å²) < 4.78 is 2.02. The Morgan fingerprint density at radius 3 is 2.34 bits per heavy atom. The summed E-state index contributed by atoms with van der Waals surface area (Å²) in [6, 6.07) is 21.5. The molecular weight excluding hydrogens is 358 g/mol. The molecule has 0 atom stereocenters. The van der Waals surface area contributed by atoms with Gasteiger partial charge in [0.1, 0.15) is 5.65 Å². The molecule has 1 amide bonds. The lowest BCUT2D eigenvalue weighted by molar-refractivity contribution is 0.102. The molecule has 2 heterocycles. The van der Waals surface area contributed by atoms with Crippen molar-refractivity contribution in [2.24, 2.45) is 0 Å². The molecule has 0 aliphatic heterocycles. The molecule has 1 N–H and O–H groups in total. The minimum absolute atomic E-state index is 0.128. The predicted molar refractivity (Wildman–Crippen MR) is 119 cm³/mol. The number of carbonyl (C=O) groups is 1. The molecule has 0 spiro atoms. The number of nitrogens with one attached hydrogen (secondary N) is 1. The van der Waals surface area contributed by atoms with E-state index in [9.17, 15) is 4.79 Å². The standard InChI is InChI=1S/C25H23N3O/c1-3-23-18(2)28-17-22(15-16-24(28)27-23)26-25(29)21-13-11-20(12-14-21)10-9-19-7-5-4-6-8-19/h4-17H,3H2,1-2H3,(H,26,29). The zero-order valence-electron chi connectivity index (χ0n) is 16.6. The minimum atomic E-state index is -0.128. The monoisotopic (exact) mass is 381 g/mol. The first-order chi connectivity index (χ1) is 14.1. The Hall–Kier alpha value is -3.66. The molecule has 0 saturated heterocycles. The van der Waals surface area contributed by atoms with Crippen molar-refractivity contribution in [1.82, 2.24) is 9.38 Å². The van der Waals surface area contributed by atoms with Crippen molar-refractivity contribution < 1.29 is 4.79 Å². The van der Waals surface area contributed by atoms with Crippen LogP contribution in [0, 0.1) is 6.92 Å². The largest absolute Gasteiger partial charge is 0.321 e. The van der Waals surface area contributed by atoms with E-state index in [0.717, 1.165) is 40.3 Å². The number of carbonyl (C=O) groups excluding carboxylic acids is 1. The molecule has 2 aromatic carbocycles. The molecule has 0 fully saturated rings. The van der Waals surface area contributed by atoms with E-state index >= 15 is 0 Å². The van der Waals surface area contributed by atoms with E-state index in [1.54, 1.807) is 0 Å². The van der Waals surface area contributed by atoms with Crippen LogP contribution in [0.25, 0.3) is 17.8 Å². The van der Waals surface area contributed by atoms with Gasteiger partial charge in [-0.2, -0.15) is 0 Å². The van der Waals surface area contributed by atoms with Crippen LogP contribution >= 0.6 is 0 Å². The Balaban J connectivity index is 1.48. The highest BCUT2D eigenvalue weighted by molar-refractivity contribution is 6.04.